The van der Waals surface area contributed by atoms with Crippen molar-refractivity contribution in [1.82, 2.24) is 4.31 Å². The Kier molecular flexibility index (Phi) is 6.98. The van der Waals surface area contributed by atoms with Gasteiger partial charge in [0.25, 0.3) is 5.91 Å². The Labute approximate surface area is 169 Å². The lowest BCUT2D eigenvalue weighted by molar-refractivity contribution is 0.102. The van der Waals surface area contributed by atoms with Crippen molar-refractivity contribution in [3.05, 3.63) is 62.8 Å². The zero-order chi connectivity index (χ0) is 21.9. The number of carbonyl (C=O) groups excluding carboxylic acids is 1. The van der Waals surface area contributed by atoms with Crippen molar-refractivity contribution >= 4 is 33.2 Å². The van der Waals surface area contributed by atoms with Crippen LogP contribution in [0.5, 0.6) is 0 Å². The maximum atomic E-state index is 14.3. The largest absolute Gasteiger partial charge is 0.322 e. The highest BCUT2D eigenvalue weighted by molar-refractivity contribution is 7.89. The van der Waals surface area contributed by atoms with Crippen LogP contribution in [0.2, 0.25) is 5.02 Å². The molecule has 1 N–H and O–H groups in total. The molecule has 2 aromatic rings. The fourth-order valence-electron chi connectivity index (χ4n) is 2.37. The van der Waals surface area contributed by atoms with Crippen LogP contribution in [0.25, 0.3) is 0 Å². The van der Waals surface area contributed by atoms with Crippen LogP contribution in [0.4, 0.5) is 18.9 Å². The molecule has 0 spiro atoms. The lowest BCUT2D eigenvalue weighted by Gasteiger charge is -2.17. The quantitative estimate of drug-likeness (QED) is 0.652. The Balaban J connectivity index is 2.43. The third-order valence-corrected chi connectivity index (χ3v) is 6.11. The molecule has 0 saturated heterocycles. The summed E-state index contributed by atoms with van der Waals surface area (Å²) in [6.45, 7) is 0.630. The fourth-order valence-corrected chi connectivity index (χ4v) is 3.83. The van der Waals surface area contributed by atoms with E-state index in [9.17, 15) is 31.3 Å². The van der Waals surface area contributed by atoms with Crippen molar-refractivity contribution < 1.29 is 26.4 Å². The minimum absolute atomic E-state index is 0.0702. The highest BCUT2D eigenvalue weighted by Gasteiger charge is 2.27. The molecular weight excluding hydrogens is 435 g/mol. The van der Waals surface area contributed by atoms with E-state index in [0.29, 0.717) is 10.4 Å². The number of carbonyl (C=O) groups is 1. The van der Waals surface area contributed by atoms with Gasteiger partial charge >= 0.3 is 0 Å². The third-order valence-electron chi connectivity index (χ3n) is 3.93. The molecule has 0 aliphatic heterocycles. The summed E-state index contributed by atoms with van der Waals surface area (Å²) >= 11 is 5.86. The Bertz CT molecular complexity index is 1060. The van der Waals surface area contributed by atoms with Gasteiger partial charge in [0, 0.05) is 25.3 Å². The summed E-state index contributed by atoms with van der Waals surface area (Å²) in [6.07, 6.45) is 0. The van der Waals surface area contributed by atoms with E-state index in [4.69, 9.17) is 11.6 Å². The SMILES string of the molecule is Cc1cc(NC(=O)c2cc(S(=O)(=O)N(C)CCN=O)c(F)cc2Cl)cc(F)c1F. The van der Waals surface area contributed by atoms with Gasteiger partial charge < -0.3 is 5.32 Å². The van der Waals surface area contributed by atoms with Crippen LogP contribution in [0.1, 0.15) is 15.9 Å². The second-order valence-corrected chi connectivity index (χ2v) is 8.41. The number of hydrogen-bond donors (Lipinski definition) is 1. The number of hydrogen-bond acceptors (Lipinski definition) is 5. The first-order valence-corrected chi connectivity index (χ1v) is 9.82. The van der Waals surface area contributed by atoms with E-state index < -0.39 is 48.9 Å². The standard InChI is InChI=1S/C17H15ClF3N3O4S/c1-9-5-10(6-14(20)16(9)21)23-17(25)11-7-15(13(19)8-12(11)18)29(27,28)24(2)4-3-22-26/h5-8H,3-4H2,1-2H3,(H,23,25). The summed E-state index contributed by atoms with van der Waals surface area (Å²) in [5.74, 6) is -4.45. The summed E-state index contributed by atoms with van der Waals surface area (Å²) in [5, 5.41) is 4.40. The van der Waals surface area contributed by atoms with E-state index in [0.717, 1.165) is 25.2 Å². The van der Waals surface area contributed by atoms with Crippen LogP contribution in [-0.4, -0.2) is 38.8 Å². The number of nitrogens with one attached hydrogen (secondary N) is 1. The average Bonchev–Trinajstić information content (AvgIpc) is 2.63. The number of nitroso groups, excluding NO2 is 1. The van der Waals surface area contributed by atoms with Gasteiger partial charge in [0.05, 0.1) is 17.1 Å². The highest BCUT2D eigenvalue weighted by Crippen LogP contribution is 2.27. The summed E-state index contributed by atoms with van der Waals surface area (Å²) in [4.78, 5) is 21.8. The Hall–Kier alpha value is -2.50. The van der Waals surface area contributed by atoms with E-state index in [1.807, 2.05) is 0 Å². The molecule has 2 aromatic carbocycles. The predicted octanol–water partition coefficient (Wildman–Crippen LogP) is 3.70. The smallest absolute Gasteiger partial charge is 0.257 e. The molecule has 7 nitrogen and oxygen atoms in total. The van der Waals surface area contributed by atoms with Gasteiger partial charge in [-0.1, -0.05) is 16.8 Å². The topological polar surface area (TPSA) is 95.9 Å². The summed E-state index contributed by atoms with van der Waals surface area (Å²) in [5.41, 5.74) is -0.583. The Morgan fingerprint density at radius 1 is 1.17 bits per heavy atom. The van der Waals surface area contributed by atoms with E-state index in [1.165, 1.54) is 6.92 Å². The monoisotopic (exact) mass is 449 g/mol. The van der Waals surface area contributed by atoms with Gasteiger partial charge in [-0.15, -0.1) is 0 Å². The molecule has 156 valence electrons. The van der Waals surface area contributed by atoms with E-state index in [1.54, 1.807) is 0 Å². The van der Waals surface area contributed by atoms with E-state index in [2.05, 4.69) is 10.5 Å². The van der Waals surface area contributed by atoms with Gasteiger partial charge in [-0.05, 0) is 30.7 Å². The van der Waals surface area contributed by atoms with Crippen LogP contribution in [0.15, 0.2) is 34.3 Å². The van der Waals surface area contributed by atoms with Gasteiger partial charge in [-0.3, -0.25) is 4.79 Å². The van der Waals surface area contributed by atoms with Gasteiger partial charge in [0.15, 0.2) is 11.6 Å². The maximum absolute atomic E-state index is 14.3. The maximum Gasteiger partial charge on any atom is 0.257 e. The van der Waals surface area contributed by atoms with Gasteiger partial charge in [-0.2, -0.15) is 9.21 Å². The summed E-state index contributed by atoms with van der Waals surface area (Å²) in [6, 6.07) is 3.26. The normalized spacial score (nSPS) is 11.6. The van der Waals surface area contributed by atoms with Crippen LogP contribution in [0, 0.1) is 29.3 Å². The second kappa shape index (κ2) is 8.89. The van der Waals surface area contributed by atoms with Crippen LogP contribution >= 0.6 is 11.6 Å². The molecule has 29 heavy (non-hydrogen) atoms. The molecule has 0 aliphatic rings. The van der Waals surface area contributed by atoms with Crippen molar-refractivity contribution in [3.63, 3.8) is 0 Å². The minimum Gasteiger partial charge on any atom is -0.322 e. The number of halogens is 4. The molecule has 12 heteroatoms. The van der Waals surface area contributed by atoms with E-state index in [-0.39, 0.29) is 24.3 Å². The molecule has 2 rings (SSSR count). The second-order valence-electron chi connectivity index (χ2n) is 5.98. The molecule has 0 unspecified atom stereocenters. The molecule has 0 aliphatic carbocycles. The van der Waals surface area contributed by atoms with E-state index >= 15 is 0 Å². The first-order valence-electron chi connectivity index (χ1n) is 8.00. The van der Waals surface area contributed by atoms with Crippen molar-refractivity contribution in [2.75, 3.05) is 25.5 Å². The van der Waals surface area contributed by atoms with Crippen LogP contribution < -0.4 is 5.32 Å². The zero-order valence-corrected chi connectivity index (χ0v) is 16.7. The number of sulfonamides is 1. The summed E-state index contributed by atoms with van der Waals surface area (Å²) < 4.78 is 66.9. The third kappa shape index (κ3) is 4.92. The summed E-state index contributed by atoms with van der Waals surface area (Å²) in [7, 11) is -3.29. The average molecular weight is 450 g/mol. The number of amides is 1. The molecular formula is C17H15ClF3N3O4S. The molecule has 0 atom stereocenters. The molecule has 0 saturated carbocycles. The highest BCUT2D eigenvalue weighted by atomic mass is 35.5. The predicted molar refractivity (Wildman–Crippen MR) is 101 cm³/mol. The molecule has 1 amide bonds. The van der Waals surface area contributed by atoms with Crippen molar-refractivity contribution in [3.8, 4) is 0 Å². The number of benzene rings is 2. The van der Waals surface area contributed by atoms with Crippen molar-refractivity contribution in [2.45, 2.75) is 11.8 Å². The van der Waals surface area contributed by atoms with Gasteiger partial charge in [0.1, 0.15) is 10.7 Å². The fraction of sp³-hybridized carbons (Fsp3) is 0.235. The molecule has 0 aromatic heterocycles. The Morgan fingerprint density at radius 2 is 1.83 bits per heavy atom. The first kappa shape index (κ1) is 22.8. The number of rotatable bonds is 7. The minimum atomic E-state index is -4.40. The lowest BCUT2D eigenvalue weighted by Crippen LogP contribution is -2.30. The van der Waals surface area contributed by atoms with Crippen LogP contribution in [0.3, 0.4) is 0 Å². The van der Waals surface area contributed by atoms with Gasteiger partial charge in [0.2, 0.25) is 10.0 Å². The first-order chi connectivity index (χ1) is 13.5. The Morgan fingerprint density at radius 3 is 2.41 bits per heavy atom. The van der Waals surface area contributed by atoms with Crippen molar-refractivity contribution in [2.24, 2.45) is 5.18 Å². The molecule has 0 heterocycles. The number of aryl methyl sites for hydroxylation is 1. The number of likely N-dealkylation sites (N-methyl/N-ethyl adjacent to an activating group) is 1. The van der Waals surface area contributed by atoms with Gasteiger partial charge in [-0.25, -0.2) is 21.6 Å². The number of anilines is 1. The number of nitrogens with zero attached hydrogens (tertiary/aromatic N) is 2. The molecule has 0 radical (unpaired) electrons. The van der Waals surface area contributed by atoms with Crippen molar-refractivity contribution in [1.29, 1.82) is 0 Å². The van der Waals surface area contributed by atoms with Crippen LogP contribution in [-0.2, 0) is 10.0 Å². The zero-order valence-electron chi connectivity index (χ0n) is 15.2. The molecule has 0 fully saturated rings. The lowest BCUT2D eigenvalue weighted by atomic mass is 10.1. The molecule has 0 bridgehead atoms.